The molecule has 0 radical (unpaired) electrons. The second kappa shape index (κ2) is 70.9. The van der Waals surface area contributed by atoms with E-state index in [2.05, 4.69) is 153 Å². The zero-order chi connectivity index (χ0) is 67.1. The second-order valence-electron chi connectivity index (χ2n) is 26.1. The number of rotatable bonds is 66. The Morgan fingerprint density at radius 3 is 1.03 bits per heavy atom. The van der Waals surface area contributed by atoms with Crippen LogP contribution in [-0.4, -0.2) is 87.5 Å². The summed E-state index contributed by atoms with van der Waals surface area (Å²) in [6.45, 7) is 3.67. The molecule has 0 spiro atoms. The molecule has 1 fully saturated rings. The molecule has 1 aliphatic heterocycles. The van der Waals surface area contributed by atoms with Crippen LogP contribution in [0.2, 0.25) is 0 Å². The molecule has 7 unspecified atom stereocenters. The number of amides is 1. The minimum atomic E-state index is -1.58. The van der Waals surface area contributed by atoms with Crippen LogP contribution in [0, 0.1) is 0 Å². The van der Waals surface area contributed by atoms with Gasteiger partial charge in [-0.2, -0.15) is 0 Å². The third-order valence-electron chi connectivity index (χ3n) is 17.4. The normalized spacial score (nSPS) is 18.5. The summed E-state index contributed by atoms with van der Waals surface area (Å²) >= 11 is 0. The van der Waals surface area contributed by atoms with Crippen molar-refractivity contribution < 1.29 is 39.8 Å². The maximum absolute atomic E-state index is 13.2. The molecule has 9 heteroatoms. The van der Waals surface area contributed by atoms with E-state index in [4.69, 9.17) is 9.47 Å². The molecule has 9 nitrogen and oxygen atoms in total. The molecule has 1 aliphatic rings. The van der Waals surface area contributed by atoms with Gasteiger partial charge >= 0.3 is 0 Å². The molecule has 1 rings (SSSR count). The molecule has 93 heavy (non-hydrogen) atoms. The summed E-state index contributed by atoms with van der Waals surface area (Å²) in [6, 6.07) is -0.836. The first kappa shape index (κ1) is 87.1. The Bertz CT molecular complexity index is 1990. The van der Waals surface area contributed by atoms with E-state index in [-0.39, 0.29) is 12.5 Å². The standard InChI is InChI=1S/C84H143NO8/c1-3-5-7-9-11-13-15-17-19-21-23-25-27-29-31-33-34-35-36-37-38-39-40-41-42-43-44-46-48-50-52-54-56-58-60-62-64-66-68-70-72-74-80(88)85-77(76-92-84-83(91)82(90)81(89)79(75-86)93-84)78(87)73-71-69-67-65-63-61-59-57-55-53-51-49-47-45-32-30-28-26-24-22-20-18-16-14-12-10-8-6-4-2/h5,7,11,13,17,19,23,25,29,31,34-35,37-38,40-41,43-44,48,50,63,65,71,73,77-79,81-84,86-87,89-91H,3-4,6,8-10,12,14-16,18,20-22,24,26-28,30,32-33,36,39,42,45-47,49,51-62,64,66-70,72,74-76H2,1-2H3,(H,85,88)/b7-5-,13-11-,19-17-,25-23-,31-29-,35-34-,38-37-,41-40-,44-43-,50-48-,65-63+,73-71+. The summed E-state index contributed by atoms with van der Waals surface area (Å²) in [4.78, 5) is 13.2. The number of allylic oxidation sites excluding steroid dienone is 23. The monoisotopic (exact) mass is 1290 g/mol. The van der Waals surface area contributed by atoms with Crippen molar-refractivity contribution >= 4 is 5.91 Å². The van der Waals surface area contributed by atoms with Gasteiger partial charge in [0, 0.05) is 6.42 Å². The van der Waals surface area contributed by atoms with Crippen molar-refractivity contribution in [3.05, 3.63) is 146 Å². The second-order valence-corrected chi connectivity index (χ2v) is 26.1. The van der Waals surface area contributed by atoms with Gasteiger partial charge in [-0.25, -0.2) is 0 Å². The van der Waals surface area contributed by atoms with E-state index in [1.807, 2.05) is 6.08 Å². The number of carbonyl (C=O) groups is 1. The van der Waals surface area contributed by atoms with Gasteiger partial charge in [0.15, 0.2) is 6.29 Å². The van der Waals surface area contributed by atoms with Crippen molar-refractivity contribution in [1.82, 2.24) is 5.32 Å². The Labute approximate surface area is 572 Å². The maximum Gasteiger partial charge on any atom is 0.220 e. The topological polar surface area (TPSA) is 149 Å². The predicted molar refractivity (Wildman–Crippen MR) is 400 cm³/mol. The molecule has 0 aromatic rings. The lowest BCUT2D eigenvalue weighted by atomic mass is 9.99. The molecule has 6 N–H and O–H groups in total. The average Bonchev–Trinajstić information content (AvgIpc) is 1.00. The van der Waals surface area contributed by atoms with E-state index < -0.39 is 49.5 Å². The molecule has 0 bridgehead atoms. The number of aliphatic hydroxyl groups excluding tert-OH is 5. The van der Waals surface area contributed by atoms with Crippen LogP contribution in [-0.2, 0) is 14.3 Å². The Morgan fingerprint density at radius 2 is 0.677 bits per heavy atom. The Hall–Kier alpha value is -3.93. The van der Waals surface area contributed by atoms with Gasteiger partial charge in [-0.15, -0.1) is 0 Å². The average molecular weight is 1300 g/mol. The van der Waals surface area contributed by atoms with Crippen LogP contribution in [0.15, 0.2) is 146 Å². The fourth-order valence-electron chi connectivity index (χ4n) is 11.4. The summed E-state index contributed by atoms with van der Waals surface area (Å²) in [5, 5.41) is 54.8. The van der Waals surface area contributed by atoms with Crippen LogP contribution < -0.4 is 5.32 Å². The van der Waals surface area contributed by atoms with Crippen molar-refractivity contribution in [3.8, 4) is 0 Å². The van der Waals surface area contributed by atoms with Crippen molar-refractivity contribution in [3.63, 3.8) is 0 Å². The molecule has 1 saturated heterocycles. The molecular weight excluding hydrogens is 1150 g/mol. The Balaban J connectivity index is 2.14. The van der Waals surface area contributed by atoms with Crippen LogP contribution >= 0.6 is 0 Å². The van der Waals surface area contributed by atoms with Crippen molar-refractivity contribution in [2.75, 3.05) is 13.2 Å². The van der Waals surface area contributed by atoms with Crippen molar-refractivity contribution in [2.24, 2.45) is 0 Å². The minimum absolute atomic E-state index is 0.194. The zero-order valence-electron chi connectivity index (χ0n) is 59.7. The number of hydrogen-bond donors (Lipinski definition) is 6. The van der Waals surface area contributed by atoms with Crippen molar-refractivity contribution in [1.29, 1.82) is 0 Å². The van der Waals surface area contributed by atoms with Gasteiger partial charge < -0.3 is 40.3 Å². The highest BCUT2D eigenvalue weighted by Crippen LogP contribution is 2.23. The van der Waals surface area contributed by atoms with Crippen molar-refractivity contribution in [2.45, 2.75) is 365 Å². The highest BCUT2D eigenvalue weighted by atomic mass is 16.7. The van der Waals surface area contributed by atoms with Gasteiger partial charge in [-0.1, -0.05) is 352 Å². The first-order valence-corrected chi connectivity index (χ1v) is 38.6. The first-order chi connectivity index (χ1) is 45.8. The highest BCUT2D eigenvalue weighted by Gasteiger charge is 2.44. The molecule has 0 aromatic carbocycles. The Morgan fingerprint density at radius 1 is 0.376 bits per heavy atom. The van der Waals surface area contributed by atoms with Gasteiger partial charge in [0.25, 0.3) is 0 Å². The molecule has 0 aliphatic carbocycles. The number of carbonyl (C=O) groups excluding carboxylic acids is 1. The molecule has 1 amide bonds. The van der Waals surface area contributed by atoms with Crippen LogP contribution in [0.3, 0.4) is 0 Å². The summed E-state index contributed by atoms with van der Waals surface area (Å²) in [5.74, 6) is -0.194. The van der Waals surface area contributed by atoms with Gasteiger partial charge in [-0.3, -0.25) is 4.79 Å². The summed E-state index contributed by atoms with van der Waals surface area (Å²) in [7, 11) is 0. The number of unbranched alkanes of at least 4 members (excludes halogenated alkanes) is 34. The lowest BCUT2D eigenvalue weighted by Crippen LogP contribution is -2.60. The molecule has 532 valence electrons. The van der Waals surface area contributed by atoms with E-state index in [9.17, 15) is 30.3 Å². The third-order valence-corrected chi connectivity index (χ3v) is 17.4. The van der Waals surface area contributed by atoms with Crippen LogP contribution in [0.4, 0.5) is 0 Å². The quantitative estimate of drug-likeness (QED) is 0.0261. The number of hydrogen-bond acceptors (Lipinski definition) is 8. The summed E-state index contributed by atoms with van der Waals surface area (Å²) in [5.41, 5.74) is 0. The van der Waals surface area contributed by atoms with E-state index >= 15 is 0 Å². The van der Waals surface area contributed by atoms with E-state index in [1.165, 1.54) is 186 Å². The van der Waals surface area contributed by atoms with Gasteiger partial charge in [0.2, 0.25) is 5.91 Å². The molecule has 1 heterocycles. The number of nitrogens with one attached hydrogen (secondary N) is 1. The zero-order valence-corrected chi connectivity index (χ0v) is 59.7. The lowest BCUT2D eigenvalue weighted by Gasteiger charge is -2.40. The van der Waals surface area contributed by atoms with Gasteiger partial charge in [0.05, 0.1) is 25.4 Å². The van der Waals surface area contributed by atoms with Crippen LogP contribution in [0.1, 0.15) is 322 Å². The lowest BCUT2D eigenvalue weighted by molar-refractivity contribution is -0.302. The molecule has 0 aromatic heterocycles. The van der Waals surface area contributed by atoms with E-state index in [0.717, 1.165) is 116 Å². The van der Waals surface area contributed by atoms with Crippen LogP contribution in [0.5, 0.6) is 0 Å². The molecule has 0 saturated carbocycles. The highest BCUT2D eigenvalue weighted by molar-refractivity contribution is 5.76. The maximum atomic E-state index is 13.2. The van der Waals surface area contributed by atoms with Gasteiger partial charge in [0.1, 0.15) is 24.4 Å². The summed E-state index contributed by atoms with van der Waals surface area (Å²) in [6.07, 6.45) is 103. The largest absolute Gasteiger partial charge is 0.394 e. The van der Waals surface area contributed by atoms with E-state index in [1.54, 1.807) is 6.08 Å². The van der Waals surface area contributed by atoms with Gasteiger partial charge in [-0.05, 0) is 109 Å². The Kier molecular flexibility index (Phi) is 66.3. The minimum Gasteiger partial charge on any atom is -0.394 e. The fraction of sp³-hybridized carbons (Fsp3) is 0.702. The number of aliphatic hydroxyl groups is 5. The van der Waals surface area contributed by atoms with E-state index in [0.29, 0.717) is 6.42 Å². The molecule has 7 atom stereocenters. The predicted octanol–water partition coefficient (Wildman–Crippen LogP) is 22.1. The first-order valence-electron chi connectivity index (χ1n) is 38.6. The smallest absolute Gasteiger partial charge is 0.220 e. The van der Waals surface area contributed by atoms with Crippen LogP contribution in [0.25, 0.3) is 0 Å². The summed E-state index contributed by atoms with van der Waals surface area (Å²) < 4.78 is 11.3. The number of ether oxygens (including phenoxy) is 2. The fourth-order valence-corrected chi connectivity index (χ4v) is 11.4. The third kappa shape index (κ3) is 59.1. The SMILES string of the molecule is CC/C=C\C/C=C\C/C=C\C/C=C\C/C=C\C/C=C\C/C=C\C/C=C\C/C=C\C/C=C\CCCCCCCCCCCCC(=O)NC(COC1OC(CO)C(O)C(O)C1O)C(O)/C=C/CC/C=C/CCCCCCCCCCCCCCCCCCCCCCCCC. The molecular formula is C84H143NO8.